The monoisotopic (exact) mass is 340 g/mol. The fraction of sp³-hybridized carbons (Fsp3) is 0.294. The molecule has 8 nitrogen and oxygen atoms in total. The minimum Gasteiger partial charge on any atom is -0.447 e. The zero-order chi connectivity index (χ0) is 17.9. The van der Waals surface area contributed by atoms with Gasteiger partial charge in [-0.15, -0.1) is 0 Å². The van der Waals surface area contributed by atoms with Crippen molar-refractivity contribution in [2.45, 2.75) is 32.7 Å². The molecule has 0 aliphatic heterocycles. The van der Waals surface area contributed by atoms with E-state index in [1.165, 1.54) is 0 Å². The van der Waals surface area contributed by atoms with Gasteiger partial charge < -0.3 is 15.1 Å². The molecule has 0 bridgehead atoms. The molecular weight excluding hydrogens is 320 g/mol. The van der Waals surface area contributed by atoms with Crippen LogP contribution in [0.3, 0.4) is 0 Å². The smallest absolute Gasteiger partial charge is 0.319 e. The Morgan fingerprint density at radius 1 is 1.28 bits per heavy atom. The number of anilines is 1. The molecule has 3 heterocycles. The van der Waals surface area contributed by atoms with Crippen LogP contribution in [0.1, 0.15) is 32.4 Å². The van der Waals surface area contributed by atoms with E-state index in [0.29, 0.717) is 11.6 Å². The number of nitrogens with zero attached hydrogens (tertiary/aromatic N) is 4. The molecule has 0 unspecified atom stereocenters. The third-order valence-electron chi connectivity index (χ3n) is 3.49. The van der Waals surface area contributed by atoms with Crippen molar-refractivity contribution < 1.29 is 9.21 Å². The van der Waals surface area contributed by atoms with Gasteiger partial charge in [-0.3, -0.25) is 4.98 Å². The van der Waals surface area contributed by atoms with Crippen LogP contribution >= 0.6 is 0 Å². The molecular formula is C17H20N6O2. The van der Waals surface area contributed by atoms with E-state index in [2.05, 4.69) is 46.5 Å². The lowest BCUT2D eigenvalue weighted by Crippen LogP contribution is -2.28. The second kappa shape index (κ2) is 6.76. The van der Waals surface area contributed by atoms with Crippen LogP contribution in [-0.4, -0.2) is 25.8 Å². The molecule has 0 aliphatic rings. The number of hydrogen-bond donors (Lipinski definition) is 2. The van der Waals surface area contributed by atoms with Crippen molar-refractivity contribution in [3.63, 3.8) is 0 Å². The van der Waals surface area contributed by atoms with Crippen LogP contribution in [0.5, 0.6) is 0 Å². The summed E-state index contributed by atoms with van der Waals surface area (Å²) in [5.41, 5.74) is 2.20. The first-order valence-electron chi connectivity index (χ1n) is 7.86. The van der Waals surface area contributed by atoms with Gasteiger partial charge in [0.2, 0.25) is 5.89 Å². The summed E-state index contributed by atoms with van der Waals surface area (Å²) >= 11 is 0. The molecule has 130 valence electrons. The highest BCUT2D eigenvalue weighted by atomic mass is 16.3. The molecule has 2 amide bonds. The van der Waals surface area contributed by atoms with Gasteiger partial charge in [0.25, 0.3) is 0 Å². The maximum Gasteiger partial charge on any atom is 0.319 e. The van der Waals surface area contributed by atoms with Crippen molar-refractivity contribution in [3.05, 3.63) is 54.8 Å². The number of aromatic nitrogens is 4. The maximum atomic E-state index is 12.0. The van der Waals surface area contributed by atoms with Crippen LogP contribution in [0.4, 0.5) is 10.5 Å². The molecule has 0 saturated carbocycles. The quantitative estimate of drug-likeness (QED) is 0.761. The Hall–Kier alpha value is -3.16. The molecule has 0 fully saturated rings. The summed E-state index contributed by atoms with van der Waals surface area (Å²) in [6.45, 7) is 6.36. The second-order valence-electron chi connectivity index (χ2n) is 6.56. The number of carbonyl (C=O) groups is 1. The van der Waals surface area contributed by atoms with Gasteiger partial charge in [0, 0.05) is 17.8 Å². The molecule has 0 radical (unpaired) electrons. The van der Waals surface area contributed by atoms with E-state index in [0.717, 1.165) is 11.4 Å². The van der Waals surface area contributed by atoms with Gasteiger partial charge >= 0.3 is 6.03 Å². The molecule has 0 aliphatic carbocycles. The van der Waals surface area contributed by atoms with Crippen molar-refractivity contribution in [1.82, 2.24) is 25.1 Å². The first-order valence-corrected chi connectivity index (χ1v) is 7.86. The summed E-state index contributed by atoms with van der Waals surface area (Å²) in [6, 6.07) is 3.29. The number of urea groups is 1. The van der Waals surface area contributed by atoms with Gasteiger partial charge in [0.05, 0.1) is 36.0 Å². The summed E-state index contributed by atoms with van der Waals surface area (Å²) < 4.78 is 7.03. The van der Waals surface area contributed by atoms with Crippen LogP contribution in [0.25, 0.3) is 5.69 Å². The summed E-state index contributed by atoms with van der Waals surface area (Å²) in [4.78, 5) is 20.3. The number of nitrogens with one attached hydrogen (secondary N) is 2. The molecule has 3 rings (SSSR count). The van der Waals surface area contributed by atoms with Gasteiger partial charge in [0.1, 0.15) is 6.26 Å². The van der Waals surface area contributed by atoms with Crippen LogP contribution in [0.15, 0.2) is 47.6 Å². The number of pyridine rings is 1. The Balaban J connectivity index is 1.55. The van der Waals surface area contributed by atoms with E-state index in [1.807, 2.05) is 12.1 Å². The van der Waals surface area contributed by atoms with E-state index < -0.39 is 0 Å². The molecule has 0 saturated heterocycles. The van der Waals surface area contributed by atoms with Crippen molar-refractivity contribution in [3.8, 4) is 5.69 Å². The second-order valence-corrected chi connectivity index (χ2v) is 6.56. The topological polar surface area (TPSA) is 97.9 Å². The number of amides is 2. The van der Waals surface area contributed by atoms with Crippen LogP contribution in [-0.2, 0) is 12.0 Å². The Labute approximate surface area is 145 Å². The Morgan fingerprint density at radius 2 is 2.04 bits per heavy atom. The third-order valence-corrected chi connectivity index (χ3v) is 3.49. The largest absolute Gasteiger partial charge is 0.447 e. The molecule has 0 spiro atoms. The molecule has 3 aromatic rings. The minimum absolute atomic E-state index is 0.0917. The van der Waals surface area contributed by atoms with Gasteiger partial charge in [-0.05, 0) is 12.1 Å². The number of carbonyl (C=O) groups excluding carboxylic acids is 1. The van der Waals surface area contributed by atoms with Crippen molar-refractivity contribution >= 4 is 11.7 Å². The van der Waals surface area contributed by atoms with Gasteiger partial charge in [-0.2, -0.15) is 5.10 Å². The lowest BCUT2D eigenvalue weighted by molar-refractivity contribution is 0.250. The normalized spacial score (nSPS) is 11.3. The van der Waals surface area contributed by atoms with E-state index in [1.54, 1.807) is 35.7 Å². The summed E-state index contributed by atoms with van der Waals surface area (Å²) in [6.07, 6.45) is 8.27. The summed E-state index contributed by atoms with van der Waals surface area (Å²) in [5.74, 6) is 0.465. The summed E-state index contributed by atoms with van der Waals surface area (Å²) in [7, 11) is 0. The van der Waals surface area contributed by atoms with E-state index in [9.17, 15) is 4.79 Å². The predicted octanol–water partition coefficient (Wildman–Crippen LogP) is 2.87. The molecule has 2 N–H and O–H groups in total. The average Bonchev–Trinajstić information content (AvgIpc) is 3.23. The Kier molecular flexibility index (Phi) is 4.51. The highest BCUT2D eigenvalue weighted by Gasteiger charge is 2.18. The van der Waals surface area contributed by atoms with Crippen molar-refractivity contribution in [1.29, 1.82) is 0 Å². The number of oxazole rings is 1. The Bertz CT molecular complexity index is 847. The molecule has 3 aromatic heterocycles. The standard InChI is InChI=1S/C17H20N6O2/c1-17(2,3)14-11-25-15(22-14)9-19-16(24)21-12-8-20-23(10-12)13-4-6-18-7-5-13/h4-8,10-11H,9H2,1-3H3,(H2,19,21,24). The maximum absolute atomic E-state index is 12.0. The zero-order valence-corrected chi connectivity index (χ0v) is 14.4. The summed E-state index contributed by atoms with van der Waals surface area (Å²) in [5, 5.41) is 9.63. The molecule has 0 atom stereocenters. The Morgan fingerprint density at radius 3 is 2.72 bits per heavy atom. The first-order chi connectivity index (χ1) is 11.9. The highest BCUT2D eigenvalue weighted by molar-refractivity contribution is 5.88. The van der Waals surface area contributed by atoms with E-state index in [-0.39, 0.29) is 18.0 Å². The SMILES string of the molecule is CC(C)(C)c1coc(CNC(=O)Nc2cnn(-c3ccncc3)c2)n1. The first kappa shape index (κ1) is 16.7. The van der Waals surface area contributed by atoms with Gasteiger partial charge in [-0.1, -0.05) is 20.8 Å². The van der Waals surface area contributed by atoms with Gasteiger partial charge in [-0.25, -0.2) is 14.5 Å². The molecule has 0 aromatic carbocycles. The van der Waals surface area contributed by atoms with Crippen LogP contribution in [0.2, 0.25) is 0 Å². The zero-order valence-electron chi connectivity index (χ0n) is 14.4. The molecule has 25 heavy (non-hydrogen) atoms. The number of hydrogen-bond acceptors (Lipinski definition) is 5. The van der Waals surface area contributed by atoms with E-state index >= 15 is 0 Å². The van der Waals surface area contributed by atoms with Crippen molar-refractivity contribution in [2.75, 3.05) is 5.32 Å². The number of rotatable bonds is 4. The van der Waals surface area contributed by atoms with Crippen LogP contribution < -0.4 is 10.6 Å². The average molecular weight is 340 g/mol. The third kappa shape index (κ3) is 4.23. The lowest BCUT2D eigenvalue weighted by Gasteiger charge is -2.12. The lowest BCUT2D eigenvalue weighted by atomic mass is 9.93. The molecule has 8 heteroatoms. The van der Waals surface area contributed by atoms with Crippen LogP contribution in [0, 0.1) is 0 Å². The van der Waals surface area contributed by atoms with Gasteiger partial charge in [0.15, 0.2) is 0 Å². The van der Waals surface area contributed by atoms with Crippen molar-refractivity contribution in [2.24, 2.45) is 0 Å². The minimum atomic E-state index is -0.357. The highest BCUT2D eigenvalue weighted by Crippen LogP contribution is 2.20. The fourth-order valence-electron chi connectivity index (χ4n) is 2.09. The fourth-order valence-corrected chi connectivity index (χ4v) is 2.09. The predicted molar refractivity (Wildman–Crippen MR) is 92.4 cm³/mol. The van der Waals surface area contributed by atoms with E-state index in [4.69, 9.17) is 4.42 Å².